The quantitative estimate of drug-likeness (QED) is 0.373. The van der Waals surface area contributed by atoms with Crippen molar-refractivity contribution in [3.8, 4) is 0 Å². The van der Waals surface area contributed by atoms with E-state index in [9.17, 15) is 0 Å². The summed E-state index contributed by atoms with van der Waals surface area (Å²) in [6, 6.07) is 17.8. The third-order valence-electron chi connectivity index (χ3n) is 1.85. The molecule has 0 amide bonds. The summed E-state index contributed by atoms with van der Waals surface area (Å²) in [7, 11) is 0. The van der Waals surface area contributed by atoms with E-state index in [1.54, 1.807) is 6.08 Å². The van der Waals surface area contributed by atoms with Gasteiger partial charge in [0.2, 0.25) is 0 Å². The van der Waals surface area contributed by atoms with Crippen LogP contribution in [0.5, 0.6) is 0 Å². The van der Waals surface area contributed by atoms with Gasteiger partial charge in [0.15, 0.2) is 0 Å². The van der Waals surface area contributed by atoms with Gasteiger partial charge in [0.25, 0.3) is 0 Å². The fourth-order valence-corrected chi connectivity index (χ4v) is 1.24. The van der Waals surface area contributed by atoms with Crippen molar-refractivity contribution in [2.45, 2.75) is 0 Å². The number of hydrogen-bond donors (Lipinski definition) is 0. The van der Waals surface area contributed by atoms with Crippen LogP contribution in [0.25, 0.3) is 6.08 Å². The van der Waals surface area contributed by atoms with Crippen LogP contribution < -0.4 is 0 Å². The Balaban J connectivity index is 0.000000405. The molecule has 0 atom stereocenters. The molecule has 0 saturated heterocycles. The summed E-state index contributed by atoms with van der Waals surface area (Å²) in [6.45, 7) is 0. The molecule has 96 valence electrons. The Labute approximate surface area is 133 Å². The van der Waals surface area contributed by atoms with Crippen molar-refractivity contribution in [2.75, 3.05) is 0 Å². The van der Waals surface area contributed by atoms with E-state index in [1.165, 1.54) is 0 Å². The number of allylic oxidation sites excluding steroid dienone is 2. The first-order chi connectivity index (χ1) is 8.20. The topological polar surface area (TPSA) is 0 Å². The summed E-state index contributed by atoms with van der Waals surface area (Å²) >= 11 is 16.5. The minimum absolute atomic E-state index is 0. The van der Waals surface area contributed by atoms with Gasteiger partial charge in [-0.2, -0.15) is 30.3 Å². The number of halogens is 3. The molecule has 18 heavy (non-hydrogen) atoms. The number of hydrogen-bond acceptors (Lipinski definition) is 0. The molecular formula is C14H11Cl3Fe. The average molecular weight is 341 g/mol. The fourth-order valence-electron chi connectivity index (χ4n) is 1.05. The Hall–Kier alpha value is -0.431. The molecule has 0 bridgehead atoms. The first-order valence-corrected chi connectivity index (χ1v) is 6.11. The molecule has 4 heteroatoms. The molecule has 0 aromatic heterocycles. The summed E-state index contributed by atoms with van der Waals surface area (Å²) in [5.74, 6) is 0. The zero-order valence-corrected chi connectivity index (χ0v) is 12.7. The second-order valence-electron chi connectivity index (χ2n) is 3.12. The van der Waals surface area contributed by atoms with Crippen molar-refractivity contribution in [1.29, 1.82) is 0 Å². The maximum atomic E-state index is 5.66. The Kier molecular flexibility index (Phi) is 10.2. The van der Waals surface area contributed by atoms with Crippen LogP contribution >= 0.6 is 34.8 Å². The van der Waals surface area contributed by atoms with Crippen molar-refractivity contribution < 1.29 is 17.1 Å². The molecule has 2 aromatic carbocycles. The van der Waals surface area contributed by atoms with Gasteiger partial charge in [0.1, 0.15) is 4.49 Å². The predicted octanol–water partition coefficient (Wildman–Crippen LogP) is 5.71. The SMILES string of the molecule is ClC(Cl)=C(Cl)C=C[c-]1cccc1.[Fe+2].c1cc[cH-]c1. The van der Waals surface area contributed by atoms with E-state index in [2.05, 4.69) is 0 Å². The van der Waals surface area contributed by atoms with E-state index in [4.69, 9.17) is 34.8 Å². The molecule has 0 spiro atoms. The van der Waals surface area contributed by atoms with E-state index >= 15 is 0 Å². The summed E-state index contributed by atoms with van der Waals surface area (Å²) in [5.41, 5.74) is 1.07. The fraction of sp³-hybridized carbons (Fsp3) is 0. The zero-order chi connectivity index (χ0) is 12.5. The molecule has 0 N–H and O–H groups in total. The normalized spacial score (nSPS) is 9.28. The van der Waals surface area contributed by atoms with Crippen LogP contribution in [0.2, 0.25) is 0 Å². The maximum absolute atomic E-state index is 5.66. The van der Waals surface area contributed by atoms with Crippen LogP contribution in [0.3, 0.4) is 0 Å². The summed E-state index contributed by atoms with van der Waals surface area (Å²) in [5, 5.41) is 0.347. The largest absolute Gasteiger partial charge is 2.00 e. The third-order valence-corrected chi connectivity index (χ3v) is 2.76. The van der Waals surface area contributed by atoms with Crippen LogP contribution in [0.15, 0.2) is 70.2 Å². The first kappa shape index (κ1) is 17.6. The van der Waals surface area contributed by atoms with Crippen LogP contribution in [0.1, 0.15) is 5.56 Å². The van der Waals surface area contributed by atoms with Gasteiger partial charge in [-0.05, 0) is 0 Å². The van der Waals surface area contributed by atoms with E-state index in [1.807, 2.05) is 60.7 Å². The Morgan fingerprint density at radius 1 is 0.944 bits per heavy atom. The smallest absolute Gasteiger partial charge is 0.214 e. The van der Waals surface area contributed by atoms with Gasteiger partial charge in [-0.1, -0.05) is 34.8 Å². The zero-order valence-electron chi connectivity index (χ0n) is 9.34. The molecule has 0 fully saturated rings. The average Bonchev–Trinajstić information content (AvgIpc) is 3.00. The van der Waals surface area contributed by atoms with Crippen molar-refractivity contribution in [1.82, 2.24) is 0 Å². The van der Waals surface area contributed by atoms with Gasteiger partial charge in [-0.15, -0.1) is 29.8 Å². The molecule has 0 aliphatic carbocycles. The molecule has 0 unspecified atom stereocenters. The van der Waals surface area contributed by atoms with Gasteiger partial charge < -0.3 is 0 Å². The molecule has 2 aromatic rings. The Morgan fingerprint density at radius 3 is 1.89 bits per heavy atom. The molecule has 0 aliphatic heterocycles. The van der Waals surface area contributed by atoms with Crippen molar-refractivity contribution in [3.05, 3.63) is 75.8 Å². The minimum Gasteiger partial charge on any atom is -0.214 e. The second kappa shape index (κ2) is 10.5. The molecule has 0 aliphatic rings. The van der Waals surface area contributed by atoms with Gasteiger partial charge in [-0.25, -0.2) is 12.1 Å². The summed E-state index contributed by atoms with van der Waals surface area (Å²) < 4.78 is 0.0828. The van der Waals surface area contributed by atoms with Gasteiger partial charge in [0, 0.05) is 5.03 Å². The van der Waals surface area contributed by atoms with E-state index < -0.39 is 0 Å². The van der Waals surface area contributed by atoms with Crippen LogP contribution in [0.4, 0.5) is 0 Å². The molecule has 2 rings (SSSR count). The van der Waals surface area contributed by atoms with Gasteiger partial charge >= 0.3 is 17.1 Å². The molecule has 0 nitrogen and oxygen atoms in total. The second-order valence-corrected chi connectivity index (χ2v) is 4.48. The monoisotopic (exact) mass is 340 g/mol. The van der Waals surface area contributed by atoms with Crippen molar-refractivity contribution in [2.24, 2.45) is 0 Å². The summed E-state index contributed by atoms with van der Waals surface area (Å²) in [6.07, 6.45) is 3.50. The molecule has 0 heterocycles. The Bertz CT molecular complexity index is 432. The van der Waals surface area contributed by atoms with Gasteiger partial charge in [0.05, 0.1) is 0 Å². The Morgan fingerprint density at radius 2 is 1.50 bits per heavy atom. The predicted molar refractivity (Wildman–Crippen MR) is 77.7 cm³/mol. The van der Waals surface area contributed by atoms with Crippen molar-refractivity contribution >= 4 is 40.9 Å². The van der Waals surface area contributed by atoms with E-state index in [-0.39, 0.29) is 21.6 Å². The summed E-state index contributed by atoms with van der Waals surface area (Å²) in [4.78, 5) is 0. The maximum Gasteiger partial charge on any atom is 2.00 e. The van der Waals surface area contributed by atoms with Crippen LogP contribution in [0, 0.1) is 0 Å². The van der Waals surface area contributed by atoms with Crippen molar-refractivity contribution in [3.63, 3.8) is 0 Å². The van der Waals surface area contributed by atoms with Crippen LogP contribution in [-0.4, -0.2) is 0 Å². The minimum atomic E-state index is 0. The number of rotatable bonds is 2. The van der Waals surface area contributed by atoms with Crippen LogP contribution in [-0.2, 0) is 17.1 Å². The molecule has 0 radical (unpaired) electrons. The van der Waals surface area contributed by atoms with Gasteiger partial charge in [-0.3, -0.25) is 0 Å². The molecule has 0 saturated carbocycles. The first-order valence-electron chi connectivity index (χ1n) is 4.97. The van der Waals surface area contributed by atoms with E-state index in [0.717, 1.165) is 5.56 Å². The molecular weight excluding hydrogens is 330 g/mol. The standard InChI is InChI=1S/C9H6Cl3.C5H5.Fe/c10-8(9(11)12)6-5-7-3-1-2-4-7;1-2-4-5-3-1;/h1-6H;1-5H;/q2*-1;+2. The van der Waals surface area contributed by atoms with E-state index in [0.29, 0.717) is 5.03 Å². The third kappa shape index (κ3) is 7.81.